The van der Waals surface area contributed by atoms with Gasteiger partial charge in [-0.3, -0.25) is 4.79 Å². The van der Waals surface area contributed by atoms with Gasteiger partial charge in [-0.25, -0.2) is 9.67 Å². The second kappa shape index (κ2) is 4.91. The first-order chi connectivity index (χ1) is 10.3. The number of nitrogens with zero attached hydrogens (tertiary/aromatic N) is 4. The Morgan fingerprint density at radius 2 is 1.95 bits per heavy atom. The number of carbonyl (C=O) groups excluding carboxylic acids is 1. The maximum Gasteiger partial charge on any atom is 0.256 e. The van der Waals surface area contributed by atoms with Crippen LogP contribution in [0, 0.1) is 5.41 Å². The zero-order valence-electron chi connectivity index (χ0n) is 13.0. The van der Waals surface area contributed by atoms with Crippen LogP contribution in [0.1, 0.15) is 31.1 Å². The fourth-order valence-electron chi connectivity index (χ4n) is 2.79. The largest absolute Gasteiger partial charge is 0.388 e. The highest BCUT2D eigenvalue weighted by atomic mass is 16.3. The minimum absolute atomic E-state index is 0.100. The van der Waals surface area contributed by atoms with Crippen LogP contribution >= 0.6 is 0 Å². The van der Waals surface area contributed by atoms with Crippen molar-refractivity contribution in [3.63, 3.8) is 0 Å². The van der Waals surface area contributed by atoms with E-state index in [1.54, 1.807) is 28.9 Å². The van der Waals surface area contributed by atoms with Crippen molar-refractivity contribution in [1.82, 2.24) is 19.7 Å². The molecule has 116 valence electrons. The smallest absolute Gasteiger partial charge is 0.256 e. The summed E-state index contributed by atoms with van der Waals surface area (Å²) < 4.78 is 1.58. The first-order valence-electron chi connectivity index (χ1n) is 7.27. The maximum absolute atomic E-state index is 12.9. The number of para-hydroxylation sites is 1. The van der Waals surface area contributed by atoms with Crippen LogP contribution in [0.2, 0.25) is 0 Å². The molecule has 6 nitrogen and oxygen atoms in total. The molecule has 1 aliphatic heterocycles. The Morgan fingerprint density at radius 1 is 1.23 bits per heavy atom. The van der Waals surface area contributed by atoms with Crippen molar-refractivity contribution < 1.29 is 9.90 Å². The van der Waals surface area contributed by atoms with Gasteiger partial charge in [0.25, 0.3) is 5.91 Å². The van der Waals surface area contributed by atoms with E-state index < -0.39 is 5.60 Å². The van der Waals surface area contributed by atoms with E-state index in [-0.39, 0.29) is 11.3 Å². The average Bonchev–Trinajstić information content (AvgIpc) is 3.05. The van der Waals surface area contributed by atoms with E-state index in [4.69, 9.17) is 0 Å². The van der Waals surface area contributed by atoms with E-state index in [9.17, 15) is 9.90 Å². The lowest BCUT2D eigenvalue weighted by Crippen LogP contribution is -2.40. The van der Waals surface area contributed by atoms with Crippen molar-refractivity contribution in [3.8, 4) is 5.69 Å². The topological polar surface area (TPSA) is 71.2 Å². The van der Waals surface area contributed by atoms with Crippen molar-refractivity contribution in [1.29, 1.82) is 0 Å². The minimum atomic E-state index is -0.898. The van der Waals surface area contributed by atoms with Gasteiger partial charge in [0.1, 0.15) is 12.7 Å². The molecule has 0 spiro atoms. The molecule has 2 aromatic rings. The van der Waals surface area contributed by atoms with Crippen LogP contribution in [0.3, 0.4) is 0 Å². The van der Waals surface area contributed by atoms with Crippen LogP contribution in [-0.2, 0) is 0 Å². The van der Waals surface area contributed by atoms with Gasteiger partial charge < -0.3 is 10.0 Å². The third kappa shape index (κ3) is 2.29. The molecule has 0 aliphatic carbocycles. The lowest BCUT2D eigenvalue weighted by molar-refractivity contribution is -0.0108. The van der Waals surface area contributed by atoms with Gasteiger partial charge in [-0.05, 0) is 19.1 Å². The molecule has 1 aromatic carbocycles. The highest BCUT2D eigenvalue weighted by molar-refractivity contribution is 5.98. The summed E-state index contributed by atoms with van der Waals surface area (Å²) in [5.74, 6) is -0.100. The molecule has 2 heterocycles. The molecule has 1 N–H and O–H groups in total. The van der Waals surface area contributed by atoms with Gasteiger partial charge in [0.05, 0.1) is 23.4 Å². The van der Waals surface area contributed by atoms with Crippen molar-refractivity contribution in [3.05, 3.63) is 42.5 Å². The predicted molar refractivity (Wildman–Crippen MR) is 81.7 cm³/mol. The van der Waals surface area contributed by atoms with Crippen LogP contribution in [-0.4, -0.2) is 49.4 Å². The summed E-state index contributed by atoms with van der Waals surface area (Å²) in [4.78, 5) is 18.5. The number of carbonyl (C=O) groups is 1. The Kier molecular flexibility index (Phi) is 3.29. The van der Waals surface area contributed by atoms with E-state index in [0.29, 0.717) is 24.3 Å². The lowest BCUT2D eigenvalue weighted by Gasteiger charge is -2.30. The summed E-state index contributed by atoms with van der Waals surface area (Å²) in [5, 5.41) is 14.6. The fourth-order valence-corrected chi connectivity index (χ4v) is 2.79. The molecule has 1 fully saturated rings. The van der Waals surface area contributed by atoms with E-state index in [1.165, 1.54) is 6.33 Å². The molecule has 22 heavy (non-hydrogen) atoms. The van der Waals surface area contributed by atoms with Crippen LogP contribution < -0.4 is 0 Å². The van der Waals surface area contributed by atoms with E-state index >= 15 is 0 Å². The van der Waals surface area contributed by atoms with Gasteiger partial charge in [0.2, 0.25) is 0 Å². The Balaban J connectivity index is 1.95. The van der Waals surface area contributed by atoms with Crippen LogP contribution in [0.5, 0.6) is 0 Å². The summed E-state index contributed by atoms with van der Waals surface area (Å²) in [5.41, 5.74) is 0.00580. The molecule has 3 rings (SSSR count). The molecule has 0 unspecified atom stereocenters. The number of aromatic nitrogens is 3. The second-order valence-corrected chi connectivity index (χ2v) is 6.68. The third-order valence-corrected chi connectivity index (χ3v) is 4.63. The quantitative estimate of drug-likeness (QED) is 0.912. The number of β-amino-alcohol motifs (C(OH)–C–C–N with tert-alkyl or cyclic N) is 1. The summed E-state index contributed by atoms with van der Waals surface area (Å²) in [6.07, 6.45) is 3.00. The van der Waals surface area contributed by atoms with Crippen LogP contribution in [0.15, 0.2) is 36.9 Å². The molecule has 0 radical (unpaired) electrons. The molecule has 1 aromatic heterocycles. The van der Waals surface area contributed by atoms with Gasteiger partial charge in [-0.15, -0.1) is 0 Å². The first kappa shape index (κ1) is 14.7. The highest BCUT2D eigenvalue weighted by Gasteiger charge is 2.49. The van der Waals surface area contributed by atoms with Crippen molar-refractivity contribution in [2.24, 2.45) is 5.41 Å². The van der Waals surface area contributed by atoms with E-state index in [0.717, 1.165) is 0 Å². The van der Waals surface area contributed by atoms with Crippen molar-refractivity contribution in [2.75, 3.05) is 13.1 Å². The Hall–Kier alpha value is -2.21. The Labute approximate surface area is 129 Å². The summed E-state index contributed by atoms with van der Waals surface area (Å²) in [6.45, 7) is 6.58. The standard InChI is InChI=1S/C16H20N4O2/c1-15(2)8-19(9-16(15,3)22)14(21)12-6-4-5-7-13(12)20-11-17-10-18-20/h4-7,10-11,22H,8-9H2,1-3H3/t16-/m1/s1. The lowest BCUT2D eigenvalue weighted by atomic mass is 9.79. The number of likely N-dealkylation sites (tertiary alicyclic amines) is 1. The Morgan fingerprint density at radius 3 is 2.55 bits per heavy atom. The third-order valence-electron chi connectivity index (χ3n) is 4.63. The Bertz CT molecular complexity index is 676. The average molecular weight is 300 g/mol. The number of benzene rings is 1. The molecule has 1 saturated heterocycles. The maximum atomic E-state index is 12.9. The number of amides is 1. The van der Waals surface area contributed by atoms with Gasteiger partial charge >= 0.3 is 0 Å². The molecular formula is C16H20N4O2. The zero-order valence-corrected chi connectivity index (χ0v) is 13.0. The fraction of sp³-hybridized carbons (Fsp3) is 0.438. The van der Waals surface area contributed by atoms with Gasteiger partial charge in [-0.1, -0.05) is 26.0 Å². The second-order valence-electron chi connectivity index (χ2n) is 6.68. The van der Waals surface area contributed by atoms with Gasteiger partial charge in [0, 0.05) is 12.0 Å². The molecule has 1 atom stereocenters. The molecule has 6 heteroatoms. The summed E-state index contributed by atoms with van der Waals surface area (Å²) in [7, 11) is 0. The van der Waals surface area contributed by atoms with Gasteiger partial charge in [0.15, 0.2) is 0 Å². The van der Waals surface area contributed by atoms with Crippen LogP contribution in [0.4, 0.5) is 0 Å². The monoisotopic (exact) mass is 300 g/mol. The van der Waals surface area contributed by atoms with Crippen molar-refractivity contribution in [2.45, 2.75) is 26.4 Å². The zero-order chi connectivity index (χ0) is 16.0. The summed E-state index contributed by atoms with van der Waals surface area (Å²) >= 11 is 0. The number of rotatable bonds is 2. The number of hydrogen-bond acceptors (Lipinski definition) is 4. The molecule has 1 aliphatic rings. The number of hydrogen-bond donors (Lipinski definition) is 1. The highest BCUT2D eigenvalue weighted by Crippen LogP contribution is 2.39. The summed E-state index contributed by atoms with van der Waals surface area (Å²) in [6, 6.07) is 7.30. The minimum Gasteiger partial charge on any atom is -0.388 e. The predicted octanol–water partition coefficient (Wildman–Crippen LogP) is 1.50. The number of aliphatic hydroxyl groups is 1. The van der Waals surface area contributed by atoms with Crippen molar-refractivity contribution >= 4 is 5.91 Å². The SMILES string of the molecule is CC1(C)CN(C(=O)c2ccccc2-n2cncn2)C[C@@]1(C)O. The van der Waals surface area contributed by atoms with E-state index in [2.05, 4.69) is 10.1 Å². The van der Waals surface area contributed by atoms with Gasteiger partial charge in [-0.2, -0.15) is 5.10 Å². The van der Waals surface area contributed by atoms with E-state index in [1.807, 2.05) is 32.0 Å². The molecular weight excluding hydrogens is 280 g/mol. The van der Waals surface area contributed by atoms with Crippen LogP contribution in [0.25, 0.3) is 5.69 Å². The molecule has 0 bridgehead atoms. The normalized spacial score (nSPS) is 23.7. The molecule has 0 saturated carbocycles. The first-order valence-corrected chi connectivity index (χ1v) is 7.27. The molecule has 1 amide bonds.